The summed E-state index contributed by atoms with van der Waals surface area (Å²) in [5.41, 5.74) is 5.97. The lowest BCUT2D eigenvalue weighted by atomic mass is 9.98. The topological polar surface area (TPSA) is 38.0 Å². The van der Waals surface area contributed by atoms with E-state index < -0.39 is 0 Å². The average molecular weight is 201 g/mol. The van der Waals surface area contributed by atoms with Crippen molar-refractivity contribution >= 4 is 24.8 Å². The predicted octanol–water partition coefficient (Wildman–Crippen LogP) is 1.32. The highest BCUT2D eigenvalue weighted by Crippen LogP contribution is 2.11. The molecule has 1 aliphatic heterocycles. The monoisotopic (exact) mass is 200 g/mol. The number of hydrogen-bond donors (Lipinski definition) is 2. The van der Waals surface area contributed by atoms with E-state index in [9.17, 15) is 0 Å². The van der Waals surface area contributed by atoms with E-state index in [1.54, 1.807) is 0 Å². The Balaban J connectivity index is 0. The Hall–Kier alpha value is 0.500. The summed E-state index contributed by atoms with van der Waals surface area (Å²) in [6, 6.07) is 0. The molecule has 2 nitrogen and oxygen atoms in total. The van der Waals surface area contributed by atoms with Gasteiger partial charge in [0.2, 0.25) is 0 Å². The first-order valence-electron chi connectivity index (χ1n) is 3.70. The summed E-state index contributed by atoms with van der Waals surface area (Å²) < 4.78 is 0. The fourth-order valence-corrected chi connectivity index (χ4v) is 1.24. The Morgan fingerprint density at radius 2 is 1.91 bits per heavy atom. The fraction of sp³-hybridized carbons (Fsp3) is 1.00. The van der Waals surface area contributed by atoms with Crippen LogP contribution in [-0.2, 0) is 0 Å². The minimum Gasteiger partial charge on any atom is -0.324 e. The number of halogens is 2. The zero-order valence-electron chi connectivity index (χ0n) is 6.93. The van der Waals surface area contributed by atoms with Crippen LogP contribution in [0.3, 0.4) is 0 Å². The first kappa shape index (κ1) is 14.0. The lowest BCUT2D eigenvalue weighted by Crippen LogP contribution is -2.44. The quantitative estimate of drug-likeness (QED) is 0.620. The summed E-state index contributed by atoms with van der Waals surface area (Å²) >= 11 is 0. The van der Waals surface area contributed by atoms with E-state index in [1.807, 2.05) is 0 Å². The van der Waals surface area contributed by atoms with Gasteiger partial charge in [0.15, 0.2) is 0 Å². The predicted molar refractivity (Wildman–Crippen MR) is 53.8 cm³/mol. The molecule has 0 amide bonds. The van der Waals surface area contributed by atoms with Crippen LogP contribution in [0, 0.1) is 0 Å². The molecule has 0 aliphatic carbocycles. The first-order chi connectivity index (χ1) is 4.21. The second-order valence-electron chi connectivity index (χ2n) is 3.29. The molecule has 70 valence electrons. The van der Waals surface area contributed by atoms with Crippen molar-refractivity contribution in [3.8, 4) is 0 Å². The summed E-state index contributed by atoms with van der Waals surface area (Å²) in [7, 11) is 0. The van der Waals surface area contributed by atoms with E-state index in [2.05, 4.69) is 12.2 Å². The van der Waals surface area contributed by atoms with Crippen LogP contribution < -0.4 is 11.1 Å². The van der Waals surface area contributed by atoms with E-state index in [-0.39, 0.29) is 30.4 Å². The number of nitrogens with one attached hydrogen (secondary N) is 1. The van der Waals surface area contributed by atoms with Crippen LogP contribution in [-0.4, -0.2) is 18.6 Å². The molecular formula is C7H18Cl2N2. The van der Waals surface area contributed by atoms with Gasteiger partial charge in [-0.1, -0.05) is 6.42 Å². The van der Waals surface area contributed by atoms with Gasteiger partial charge >= 0.3 is 0 Å². The van der Waals surface area contributed by atoms with Gasteiger partial charge in [0.05, 0.1) is 0 Å². The molecule has 1 atom stereocenters. The lowest BCUT2D eigenvalue weighted by molar-refractivity contribution is 0.429. The Morgan fingerprint density at radius 1 is 1.27 bits per heavy atom. The molecule has 1 unspecified atom stereocenters. The van der Waals surface area contributed by atoms with Crippen LogP contribution in [0.15, 0.2) is 0 Å². The zero-order chi connectivity index (χ0) is 6.74. The van der Waals surface area contributed by atoms with Crippen molar-refractivity contribution < 1.29 is 0 Å². The van der Waals surface area contributed by atoms with E-state index in [4.69, 9.17) is 5.73 Å². The minimum atomic E-state index is 0. The van der Waals surface area contributed by atoms with E-state index in [0.29, 0.717) is 0 Å². The normalized spacial score (nSPS) is 31.1. The van der Waals surface area contributed by atoms with Gasteiger partial charge in [-0.2, -0.15) is 0 Å². The second kappa shape index (κ2) is 6.06. The SMILES string of the molecule is CC1(N)CCCCNC1.Cl.Cl. The van der Waals surface area contributed by atoms with Gasteiger partial charge in [0, 0.05) is 12.1 Å². The Labute approximate surface area is 81.1 Å². The molecule has 1 aliphatic rings. The van der Waals surface area contributed by atoms with Crippen LogP contribution in [0.4, 0.5) is 0 Å². The fourth-order valence-electron chi connectivity index (χ4n) is 1.24. The molecule has 0 aromatic heterocycles. The number of nitrogens with two attached hydrogens (primary N) is 1. The minimum absolute atomic E-state index is 0. The van der Waals surface area contributed by atoms with Gasteiger partial charge in [-0.3, -0.25) is 0 Å². The number of hydrogen-bond acceptors (Lipinski definition) is 2. The molecule has 4 heteroatoms. The molecule has 0 aromatic carbocycles. The van der Waals surface area contributed by atoms with Crippen molar-refractivity contribution in [2.45, 2.75) is 31.7 Å². The smallest absolute Gasteiger partial charge is 0.0252 e. The maximum absolute atomic E-state index is 5.92. The van der Waals surface area contributed by atoms with Crippen molar-refractivity contribution in [3.05, 3.63) is 0 Å². The molecular weight excluding hydrogens is 183 g/mol. The molecule has 1 fully saturated rings. The van der Waals surface area contributed by atoms with Crippen molar-refractivity contribution in [1.82, 2.24) is 5.32 Å². The summed E-state index contributed by atoms with van der Waals surface area (Å²) in [6.07, 6.45) is 3.73. The van der Waals surface area contributed by atoms with Crippen LogP contribution in [0.2, 0.25) is 0 Å². The molecule has 0 bridgehead atoms. The molecule has 1 saturated heterocycles. The van der Waals surface area contributed by atoms with Gasteiger partial charge in [0.1, 0.15) is 0 Å². The van der Waals surface area contributed by atoms with Crippen LogP contribution in [0.5, 0.6) is 0 Å². The Bertz CT molecular complexity index is 86.4. The van der Waals surface area contributed by atoms with Crippen LogP contribution in [0.1, 0.15) is 26.2 Å². The van der Waals surface area contributed by atoms with Crippen molar-refractivity contribution in [2.24, 2.45) is 5.73 Å². The molecule has 0 radical (unpaired) electrons. The van der Waals surface area contributed by atoms with E-state index >= 15 is 0 Å². The summed E-state index contributed by atoms with van der Waals surface area (Å²) in [5.74, 6) is 0. The summed E-state index contributed by atoms with van der Waals surface area (Å²) in [4.78, 5) is 0. The second-order valence-corrected chi connectivity index (χ2v) is 3.29. The third kappa shape index (κ3) is 5.74. The third-order valence-corrected chi connectivity index (χ3v) is 1.88. The van der Waals surface area contributed by atoms with Gasteiger partial charge in [-0.05, 0) is 26.3 Å². The largest absolute Gasteiger partial charge is 0.324 e. The van der Waals surface area contributed by atoms with E-state index in [1.165, 1.54) is 19.3 Å². The zero-order valence-corrected chi connectivity index (χ0v) is 8.56. The van der Waals surface area contributed by atoms with Gasteiger partial charge in [0.25, 0.3) is 0 Å². The average Bonchev–Trinajstić information content (AvgIpc) is 1.92. The van der Waals surface area contributed by atoms with E-state index in [0.717, 1.165) is 13.1 Å². The maximum Gasteiger partial charge on any atom is 0.0252 e. The lowest BCUT2D eigenvalue weighted by Gasteiger charge is -2.21. The molecule has 0 spiro atoms. The van der Waals surface area contributed by atoms with Crippen molar-refractivity contribution in [3.63, 3.8) is 0 Å². The highest BCUT2D eigenvalue weighted by molar-refractivity contribution is 5.85. The molecule has 1 rings (SSSR count). The molecule has 11 heavy (non-hydrogen) atoms. The number of rotatable bonds is 0. The molecule has 3 N–H and O–H groups in total. The van der Waals surface area contributed by atoms with Crippen molar-refractivity contribution in [1.29, 1.82) is 0 Å². The van der Waals surface area contributed by atoms with Crippen LogP contribution >= 0.6 is 24.8 Å². The summed E-state index contributed by atoms with van der Waals surface area (Å²) in [6.45, 7) is 4.24. The van der Waals surface area contributed by atoms with Crippen molar-refractivity contribution in [2.75, 3.05) is 13.1 Å². The standard InChI is InChI=1S/C7H16N2.2ClH/c1-7(8)4-2-3-5-9-6-7;;/h9H,2-6,8H2,1H3;2*1H. The first-order valence-corrected chi connectivity index (χ1v) is 3.70. The highest BCUT2D eigenvalue weighted by atomic mass is 35.5. The van der Waals surface area contributed by atoms with Gasteiger partial charge in [-0.25, -0.2) is 0 Å². The van der Waals surface area contributed by atoms with Gasteiger partial charge in [-0.15, -0.1) is 24.8 Å². The Kier molecular flexibility index (Phi) is 7.75. The summed E-state index contributed by atoms with van der Waals surface area (Å²) in [5, 5.41) is 3.31. The molecule has 1 heterocycles. The molecule has 0 saturated carbocycles. The van der Waals surface area contributed by atoms with Gasteiger partial charge < -0.3 is 11.1 Å². The third-order valence-electron chi connectivity index (χ3n) is 1.88. The highest BCUT2D eigenvalue weighted by Gasteiger charge is 2.18. The molecule has 0 aromatic rings. The maximum atomic E-state index is 5.92. The Morgan fingerprint density at radius 3 is 2.55 bits per heavy atom. The van der Waals surface area contributed by atoms with Crippen LogP contribution in [0.25, 0.3) is 0 Å².